The summed E-state index contributed by atoms with van der Waals surface area (Å²) < 4.78 is 0. The summed E-state index contributed by atoms with van der Waals surface area (Å²) in [7, 11) is 0. The van der Waals surface area contributed by atoms with Crippen LogP contribution in [0.25, 0.3) is 0 Å². The minimum atomic E-state index is -0.294. The van der Waals surface area contributed by atoms with Gasteiger partial charge in [-0.05, 0) is 38.5 Å². The van der Waals surface area contributed by atoms with Crippen LogP contribution in [0.5, 0.6) is 0 Å². The minimum absolute atomic E-state index is 0.0308. The summed E-state index contributed by atoms with van der Waals surface area (Å²) in [5.41, 5.74) is 0. The van der Waals surface area contributed by atoms with Crippen LogP contribution < -0.4 is 5.32 Å². The van der Waals surface area contributed by atoms with Crippen molar-refractivity contribution in [3.63, 3.8) is 0 Å². The molecule has 0 spiro atoms. The number of carbonyl (C=O) groups excluding carboxylic acids is 2. The zero-order valence-electron chi connectivity index (χ0n) is 11.8. The third-order valence-corrected chi connectivity index (χ3v) is 4.58. The van der Waals surface area contributed by atoms with Crippen molar-refractivity contribution in [2.75, 3.05) is 0 Å². The van der Waals surface area contributed by atoms with Crippen LogP contribution in [-0.2, 0) is 9.59 Å². The molecule has 4 heteroatoms. The highest BCUT2D eigenvalue weighted by atomic mass is 16.2. The van der Waals surface area contributed by atoms with Crippen molar-refractivity contribution in [1.82, 2.24) is 10.2 Å². The molecule has 1 N–H and O–H groups in total. The smallest absolute Gasteiger partial charge is 0.247 e. The van der Waals surface area contributed by atoms with E-state index in [1.54, 1.807) is 0 Å². The second kappa shape index (κ2) is 5.00. The molecule has 18 heavy (non-hydrogen) atoms. The molecular formula is C14H24N2O2. The van der Waals surface area contributed by atoms with E-state index in [2.05, 4.69) is 19.2 Å². The molecule has 0 aromatic heterocycles. The first-order chi connectivity index (χ1) is 8.41. The predicted octanol–water partition coefficient (Wildman–Crippen LogP) is 1.55. The molecule has 4 atom stereocenters. The van der Waals surface area contributed by atoms with Gasteiger partial charge >= 0.3 is 0 Å². The third kappa shape index (κ3) is 2.30. The van der Waals surface area contributed by atoms with Gasteiger partial charge in [-0.15, -0.1) is 0 Å². The first-order valence-electron chi connectivity index (χ1n) is 7.03. The summed E-state index contributed by atoms with van der Waals surface area (Å²) in [6, 6.07) is 0.0586. The van der Waals surface area contributed by atoms with Gasteiger partial charge in [-0.2, -0.15) is 0 Å². The molecule has 4 nitrogen and oxygen atoms in total. The van der Waals surface area contributed by atoms with Crippen molar-refractivity contribution >= 4 is 11.8 Å². The molecule has 1 aliphatic carbocycles. The molecule has 4 unspecified atom stereocenters. The van der Waals surface area contributed by atoms with Crippen molar-refractivity contribution < 1.29 is 9.59 Å². The number of likely N-dealkylation sites (tertiary alicyclic amines) is 1. The summed E-state index contributed by atoms with van der Waals surface area (Å²) in [6.45, 7) is 8.27. The minimum Gasteiger partial charge on any atom is -0.302 e. The summed E-state index contributed by atoms with van der Waals surface area (Å²) in [5, 5.41) is 3.41. The van der Waals surface area contributed by atoms with Gasteiger partial charge in [-0.3, -0.25) is 14.5 Å². The Morgan fingerprint density at radius 3 is 2.33 bits per heavy atom. The highest BCUT2D eigenvalue weighted by Crippen LogP contribution is 2.32. The van der Waals surface area contributed by atoms with E-state index in [4.69, 9.17) is 0 Å². The van der Waals surface area contributed by atoms with Crippen LogP contribution in [-0.4, -0.2) is 34.8 Å². The van der Waals surface area contributed by atoms with Crippen LogP contribution in [0.2, 0.25) is 0 Å². The van der Waals surface area contributed by atoms with E-state index in [1.807, 2.05) is 13.8 Å². The van der Waals surface area contributed by atoms with Crippen molar-refractivity contribution in [3.05, 3.63) is 0 Å². The van der Waals surface area contributed by atoms with Crippen LogP contribution in [0.1, 0.15) is 47.0 Å². The normalized spacial score (nSPS) is 37.1. The van der Waals surface area contributed by atoms with Gasteiger partial charge in [0.1, 0.15) is 0 Å². The Hall–Kier alpha value is -0.900. The molecule has 0 bridgehead atoms. The van der Waals surface area contributed by atoms with Gasteiger partial charge in [0.05, 0.1) is 12.5 Å². The van der Waals surface area contributed by atoms with Gasteiger partial charge in [0, 0.05) is 12.1 Å². The van der Waals surface area contributed by atoms with E-state index in [0.29, 0.717) is 24.3 Å². The molecule has 0 aromatic rings. The van der Waals surface area contributed by atoms with E-state index in [-0.39, 0.29) is 23.9 Å². The summed E-state index contributed by atoms with van der Waals surface area (Å²) in [4.78, 5) is 25.4. The molecule has 1 saturated heterocycles. The van der Waals surface area contributed by atoms with Crippen LogP contribution in [0.3, 0.4) is 0 Å². The second-order valence-corrected chi connectivity index (χ2v) is 6.14. The van der Waals surface area contributed by atoms with Crippen LogP contribution in [0.4, 0.5) is 0 Å². The maximum Gasteiger partial charge on any atom is 0.247 e. The number of carbonyl (C=O) groups is 2. The third-order valence-electron chi connectivity index (χ3n) is 4.58. The molecule has 102 valence electrons. The summed E-state index contributed by atoms with van der Waals surface area (Å²) in [6.07, 6.45) is 2.65. The fraction of sp³-hybridized carbons (Fsp3) is 0.857. The maximum absolute atomic E-state index is 12.2. The van der Waals surface area contributed by atoms with E-state index >= 15 is 0 Å². The molecular weight excluding hydrogens is 228 g/mol. The lowest BCUT2D eigenvalue weighted by Gasteiger charge is -2.24. The topological polar surface area (TPSA) is 49.4 Å². The molecule has 0 radical (unpaired) electrons. The molecule has 1 saturated carbocycles. The summed E-state index contributed by atoms with van der Waals surface area (Å²) in [5.74, 6) is 1.21. The molecule has 2 rings (SSSR count). The van der Waals surface area contributed by atoms with Crippen LogP contribution in [0.15, 0.2) is 0 Å². The standard InChI is InChI=1S/C14H24N2O2/c1-8(2)16-13(17)7-12(14(16)18)15-11-6-5-9(3)10(11)4/h8-12,15H,5-7H2,1-4H3. The van der Waals surface area contributed by atoms with Crippen LogP contribution >= 0.6 is 0 Å². The fourth-order valence-corrected chi connectivity index (χ4v) is 3.18. The number of hydrogen-bond acceptors (Lipinski definition) is 3. The first kappa shape index (κ1) is 13.5. The van der Waals surface area contributed by atoms with Crippen LogP contribution in [0, 0.1) is 11.8 Å². The Morgan fingerprint density at radius 1 is 1.22 bits per heavy atom. The Balaban J connectivity index is 1.99. The molecule has 2 amide bonds. The van der Waals surface area contributed by atoms with Gasteiger partial charge in [0.25, 0.3) is 0 Å². The summed E-state index contributed by atoms with van der Waals surface area (Å²) >= 11 is 0. The van der Waals surface area contributed by atoms with Crippen molar-refractivity contribution in [2.45, 2.75) is 65.1 Å². The Labute approximate surface area is 109 Å². The lowest BCUT2D eigenvalue weighted by atomic mass is 9.97. The van der Waals surface area contributed by atoms with E-state index < -0.39 is 0 Å². The largest absolute Gasteiger partial charge is 0.302 e. The Kier molecular flexibility index (Phi) is 3.76. The zero-order chi connectivity index (χ0) is 13.4. The van der Waals surface area contributed by atoms with Gasteiger partial charge < -0.3 is 5.32 Å². The molecule has 2 aliphatic rings. The molecule has 2 fully saturated rings. The SMILES string of the molecule is CC1CCC(NC2CC(=O)N(C(C)C)C2=O)C1C. The van der Waals surface area contributed by atoms with Crippen molar-refractivity contribution in [2.24, 2.45) is 11.8 Å². The number of nitrogens with one attached hydrogen (secondary N) is 1. The fourth-order valence-electron chi connectivity index (χ4n) is 3.18. The predicted molar refractivity (Wildman–Crippen MR) is 69.9 cm³/mol. The number of amides is 2. The van der Waals surface area contributed by atoms with Gasteiger partial charge in [0.15, 0.2) is 0 Å². The zero-order valence-corrected chi connectivity index (χ0v) is 11.8. The first-order valence-corrected chi connectivity index (χ1v) is 7.03. The highest BCUT2D eigenvalue weighted by molar-refractivity contribution is 6.05. The monoisotopic (exact) mass is 252 g/mol. The quantitative estimate of drug-likeness (QED) is 0.775. The number of imide groups is 1. The molecule has 1 heterocycles. The molecule has 0 aromatic carbocycles. The second-order valence-electron chi connectivity index (χ2n) is 6.14. The maximum atomic E-state index is 12.2. The van der Waals surface area contributed by atoms with Gasteiger partial charge in [-0.25, -0.2) is 0 Å². The number of rotatable bonds is 3. The lowest BCUT2D eigenvalue weighted by molar-refractivity contribution is -0.140. The van der Waals surface area contributed by atoms with E-state index in [0.717, 1.165) is 6.42 Å². The average Bonchev–Trinajstić information content (AvgIpc) is 2.73. The van der Waals surface area contributed by atoms with Crippen molar-refractivity contribution in [3.8, 4) is 0 Å². The molecule has 1 aliphatic heterocycles. The number of nitrogens with zero attached hydrogens (tertiary/aromatic N) is 1. The van der Waals surface area contributed by atoms with E-state index in [1.165, 1.54) is 11.3 Å². The highest BCUT2D eigenvalue weighted by Gasteiger charge is 2.42. The van der Waals surface area contributed by atoms with Gasteiger partial charge in [0.2, 0.25) is 11.8 Å². The Bertz CT molecular complexity index is 354. The average molecular weight is 252 g/mol. The Morgan fingerprint density at radius 2 is 1.89 bits per heavy atom. The van der Waals surface area contributed by atoms with Gasteiger partial charge in [-0.1, -0.05) is 13.8 Å². The van der Waals surface area contributed by atoms with E-state index in [9.17, 15) is 9.59 Å². The lowest BCUT2D eigenvalue weighted by Crippen LogP contribution is -2.46. The van der Waals surface area contributed by atoms with Crippen molar-refractivity contribution in [1.29, 1.82) is 0 Å². The number of hydrogen-bond donors (Lipinski definition) is 1.